The Morgan fingerprint density at radius 1 is 1.11 bits per heavy atom. The lowest BCUT2D eigenvalue weighted by Gasteiger charge is -2.22. The molecule has 0 aliphatic carbocycles. The molecule has 0 saturated carbocycles. The Balaban J connectivity index is 2.94. The Labute approximate surface area is 120 Å². The van der Waals surface area contributed by atoms with Gasteiger partial charge in [0, 0.05) is 10.5 Å². The van der Waals surface area contributed by atoms with Crippen LogP contribution in [0.1, 0.15) is 56.3 Å². The summed E-state index contributed by atoms with van der Waals surface area (Å²) in [6.45, 7) is 12.2. The van der Waals surface area contributed by atoms with Gasteiger partial charge in [-0.25, -0.2) is 0 Å². The van der Waals surface area contributed by atoms with Gasteiger partial charge in [-0.15, -0.1) is 0 Å². The molecule has 0 heterocycles. The summed E-state index contributed by atoms with van der Waals surface area (Å²) in [4.78, 5) is 0. The quantitative estimate of drug-likeness (QED) is 0.765. The topological polar surface area (TPSA) is 12.0 Å². The minimum atomic E-state index is 0.490. The zero-order valence-electron chi connectivity index (χ0n) is 12.3. The summed E-state index contributed by atoms with van der Waals surface area (Å²) in [6, 6.07) is 5.06. The number of nitrogens with one attached hydrogen (secondary N) is 1. The van der Waals surface area contributed by atoms with Crippen molar-refractivity contribution in [3.05, 3.63) is 33.3 Å². The molecule has 1 nitrogen and oxygen atoms in total. The van der Waals surface area contributed by atoms with E-state index in [0.717, 1.165) is 12.5 Å². The third-order valence-corrected chi connectivity index (χ3v) is 4.26. The number of halogens is 1. The van der Waals surface area contributed by atoms with E-state index >= 15 is 0 Å². The molecule has 0 radical (unpaired) electrons. The van der Waals surface area contributed by atoms with Gasteiger partial charge in [0.1, 0.15) is 0 Å². The number of rotatable bonds is 6. The molecule has 0 aliphatic rings. The first-order chi connectivity index (χ1) is 8.45. The van der Waals surface area contributed by atoms with Crippen molar-refractivity contribution in [1.29, 1.82) is 0 Å². The first-order valence-electron chi connectivity index (χ1n) is 6.95. The lowest BCUT2D eigenvalue weighted by atomic mass is 9.93. The van der Waals surface area contributed by atoms with Gasteiger partial charge in [0.05, 0.1) is 0 Å². The molecule has 1 aromatic carbocycles. The van der Waals surface area contributed by atoms with Gasteiger partial charge in [-0.1, -0.05) is 42.8 Å². The fourth-order valence-corrected chi connectivity index (χ4v) is 2.75. The van der Waals surface area contributed by atoms with Crippen LogP contribution in [0.4, 0.5) is 0 Å². The van der Waals surface area contributed by atoms with E-state index in [1.807, 2.05) is 0 Å². The van der Waals surface area contributed by atoms with Crippen LogP contribution in [0.3, 0.4) is 0 Å². The van der Waals surface area contributed by atoms with Crippen LogP contribution in [0, 0.1) is 19.8 Å². The standard InChI is InChI=1S/C16H26BrN/c1-6-18-16(8-7-11(2)3)14-9-13(5)15(17)10-12(14)4/h9-11,16,18H,6-8H2,1-5H3. The third-order valence-electron chi connectivity index (χ3n) is 3.41. The largest absolute Gasteiger partial charge is 0.310 e. The number of aryl methyl sites for hydroxylation is 2. The lowest BCUT2D eigenvalue weighted by molar-refractivity contribution is 0.447. The highest BCUT2D eigenvalue weighted by Gasteiger charge is 2.14. The summed E-state index contributed by atoms with van der Waals surface area (Å²) in [5.74, 6) is 0.767. The van der Waals surface area contributed by atoms with Gasteiger partial charge in [-0.2, -0.15) is 0 Å². The summed E-state index contributed by atoms with van der Waals surface area (Å²) in [5, 5.41) is 3.63. The van der Waals surface area contributed by atoms with Crippen molar-refractivity contribution >= 4 is 15.9 Å². The van der Waals surface area contributed by atoms with E-state index in [-0.39, 0.29) is 0 Å². The molecule has 1 atom stereocenters. The molecule has 18 heavy (non-hydrogen) atoms. The molecule has 0 saturated heterocycles. The SMILES string of the molecule is CCNC(CCC(C)C)c1cc(C)c(Br)cc1C. The third kappa shape index (κ3) is 4.40. The maximum Gasteiger partial charge on any atom is 0.0322 e. The number of benzene rings is 1. The summed E-state index contributed by atoms with van der Waals surface area (Å²) in [5.41, 5.74) is 4.16. The van der Waals surface area contributed by atoms with E-state index in [2.05, 4.69) is 68.0 Å². The van der Waals surface area contributed by atoms with Crippen LogP contribution in [0.2, 0.25) is 0 Å². The Morgan fingerprint density at radius 3 is 2.33 bits per heavy atom. The average Bonchev–Trinajstić information content (AvgIpc) is 2.29. The maximum absolute atomic E-state index is 3.63. The molecule has 0 aromatic heterocycles. The molecule has 0 fully saturated rings. The predicted molar refractivity (Wildman–Crippen MR) is 84.1 cm³/mol. The summed E-state index contributed by atoms with van der Waals surface area (Å²) in [7, 11) is 0. The molecule has 102 valence electrons. The van der Waals surface area contributed by atoms with Crippen LogP contribution in [-0.2, 0) is 0 Å². The fourth-order valence-electron chi connectivity index (χ4n) is 2.29. The molecule has 0 bridgehead atoms. The molecule has 1 unspecified atom stereocenters. The second kappa shape index (κ2) is 7.30. The van der Waals surface area contributed by atoms with E-state index in [1.165, 1.54) is 34.0 Å². The van der Waals surface area contributed by atoms with Crippen molar-refractivity contribution < 1.29 is 0 Å². The Morgan fingerprint density at radius 2 is 1.78 bits per heavy atom. The van der Waals surface area contributed by atoms with Gasteiger partial charge in [-0.3, -0.25) is 0 Å². The molecule has 2 heteroatoms. The van der Waals surface area contributed by atoms with E-state index < -0.39 is 0 Å². The molecular formula is C16H26BrN. The smallest absolute Gasteiger partial charge is 0.0322 e. The molecule has 0 amide bonds. The summed E-state index contributed by atoms with van der Waals surface area (Å²) in [6.07, 6.45) is 2.49. The minimum absolute atomic E-state index is 0.490. The van der Waals surface area contributed by atoms with Gasteiger partial charge < -0.3 is 5.32 Å². The number of hydrogen-bond acceptors (Lipinski definition) is 1. The fraction of sp³-hybridized carbons (Fsp3) is 0.625. The van der Waals surface area contributed by atoms with Crippen molar-refractivity contribution in [2.75, 3.05) is 6.54 Å². The first kappa shape index (κ1) is 15.7. The van der Waals surface area contributed by atoms with E-state index in [0.29, 0.717) is 6.04 Å². The zero-order chi connectivity index (χ0) is 13.7. The highest BCUT2D eigenvalue weighted by molar-refractivity contribution is 9.10. The van der Waals surface area contributed by atoms with Gasteiger partial charge in [0.2, 0.25) is 0 Å². The van der Waals surface area contributed by atoms with E-state index in [4.69, 9.17) is 0 Å². The van der Waals surface area contributed by atoms with Crippen LogP contribution in [0.25, 0.3) is 0 Å². The first-order valence-corrected chi connectivity index (χ1v) is 7.75. The van der Waals surface area contributed by atoms with Crippen molar-refractivity contribution in [3.8, 4) is 0 Å². The maximum atomic E-state index is 3.63. The van der Waals surface area contributed by atoms with Gasteiger partial charge in [-0.05, 0) is 61.9 Å². The molecule has 1 rings (SSSR count). The molecule has 0 spiro atoms. The van der Waals surface area contributed by atoms with Crippen LogP contribution < -0.4 is 5.32 Å². The van der Waals surface area contributed by atoms with E-state index in [1.54, 1.807) is 0 Å². The summed E-state index contributed by atoms with van der Waals surface area (Å²) < 4.78 is 1.21. The highest BCUT2D eigenvalue weighted by Crippen LogP contribution is 2.28. The van der Waals surface area contributed by atoms with Gasteiger partial charge in [0.25, 0.3) is 0 Å². The summed E-state index contributed by atoms with van der Waals surface area (Å²) >= 11 is 3.61. The van der Waals surface area contributed by atoms with E-state index in [9.17, 15) is 0 Å². The molecule has 0 aliphatic heterocycles. The molecule has 1 aromatic rings. The second-order valence-corrected chi connectivity index (χ2v) is 6.39. The van der Waals surface area contributed by atoms with Gasteiger partial charge >= 0.3 is 0 Å². The monoisotopic (exact) mass is 311 g/mol. The zero-order valence-corrected chi connectivity index (χ0v) is 13.9. The Bertz CT molecular complexity index is 385. The van der Waals surface area contributed by atoms with Crippen LogP contribution >= 0.6 is 15.9 Å². The van der Waals surface area contributed by atoms with Crippen LogP contribution in [-0.4, -0.2) is 6.54 Å². The Hall–Kier alpha value is -0.340. The van der Waals surface area contributed by atoms with Crippen molar-refractivity contribution in [2.24, 2.45) is 5.92 Å². The van der Waals surface area contributed by atoms with Crippen LogP contribution in [0.15, 0.2) is 16.6 Å². The van der Waals surface area contributed by atoms with Gasteiger partial charge in [0.15, 0.2) is 0 Å². The normalized spacial score (nSPS) is 13.1. The number of hydrogen-bond donors (Lipinski definition) is 1. The van der Waals surface area contributed by atoms with Crippen molar-refractivity contribution in [2.45, 2.75) is 53.5 Å². The van der Waals surface area contributed by atoms with Crippen molar-refractivity contribution in [1.82, 2.24) is 5.32 Å². The average molecular weight is 312 g/mol. The predicted octanol–water partition coefficient (Wildman–Crippen LogP) is 5.15. The minimum Gasteiger partial charge on any atom is -0.310 e. The van der Waals surface area contributed by atoms with Crippen LogP contribution in [0.5, 0.6) is 0 Å². The molecule has 1 N–H and O–H groups in total. The lowest BCUT2D eigenvalue weighted by Crippen LogP contribution is -2.22. The second-order valence-electron chi connectivity index (χ2n) is 5.54. The molecular weight excluding hydrogens is 286 g/mol. The Kier molecular flexibility index (Phi) is 6.37. The van der Waals surface area contributed by atoms with Crippen molar-refractivity contribution in [3.63, 3.8) is 0 Å². The highest BCUT2D eigenvalue weighted by atomic mass is 79.9.